The van der Waals surface area contributed by atoms with Gasteiger partial charge in [-0.1, -0.05) is 30.3 Å². The van der Waals surface area contributed by atoms with Crippen LogP contribution in [0.4, 0.5) is 0 Å². The summed E-state index contributed by atoms with van der Waals surface area (Å²) in [6, 6.07) is 17.0. The molecule has 146 valence electrons. The van der Waals surface area contributed by atoms with E-state index >= 15 is 0 Å². The Labute approximate surface area is 172 Å². The summed E-state index contributed by atoms with van der Waals surface area (Å²) in [5.41, 5.74) is 3.52. The fourth-order valence-electron chi connectivity index (χ4n) is 3.04. The van der Waals surface area contributed by atoms with E-state index in [2.05, 4.69) is 21.0 Å². The summed E-state index contributed by atoms with van der Waals surface area (Å²) in [5, 5.41) is 9.11. The van der Waals surface area contributed by atoms with Gasteiger partial charge in [0.1, 0.15) is 0 Å². The molecule has 0 N–H and O–H groups in total. The van der Waals surface area contributed by atoms with E-state index in [0.717, 1.165) is 16.7 Å². The highest BCUT2D eigenvalue weighted by atomic mass is 16.5. The first-order chi connectivity index (χ1) is 14.7. The molecule has 0 saturated carbocycles. The van der Waals surface area contributed by atoms with Crippen molar-refractivity contribution in [1.29, 1.82) is 5.26 Å². The predicted octanol–water partition coefficient (Wildman–Crippen LogP) is 3.30. The maximum absolute atomic E-state index is 12.4. The van der Waals surface area contributed by atoms with Gasteiger partial charge in [-0.25, -0.2) is 15.0 Å². The van der Waals surface area contributed by atoms with Gasteiger partial charge in [0.05, 0.1) is 49.6 Å². The van der Waals surface area contributed by atoms with Crippen molar-refractivity contribution in [2.45, 2.75) is 6.54 Å². The smallest absolute Gasteiger partial charge is 0.269 e. The maximum atomic E-state index is 12.4. The Kier molecular flexibility index (Phi) is 5.31. The normalized spacial score (nSPS) is 10.4. The molecule has 0 aliphatic heterocycles. The highest BCUT2D eigenvalue weighted by molar-refractivity contribution is 5.60. The highest BCUT2D eigenvalue weighted by Gasteiger charge is 2.07. The molecule has 4 rings (SSSR count). The molecule has 0 aliphatic rings. The summed E-state index contributed by atoms with van der Waals surface area (Å²) in [6.45, 7) is 0.371. The van der Waals surface area contributed by atoms with Gasteiger partial charge >= 0.3 is 0 Å². The largest absolute Gasteiger partial charge is 0.494 e. The van der Waals surface area contributed by atoms with E-state index < -0.39 is 0 Å². The van der Waals surface area contributed by atoms with E-state index in [-0.39, 0.29) is 5.56 Å². The van der Waals surface area contributed by atoms with Crippen molar-refractivity contribution in [2.75, 3.05) is 7.11 Å². The van der Waals surface area contributed by atoms with Crippen LogP contribution in [0.2, 0.25) is 0 Å². The molecule has 0 amide bonds. The predicted molar refractivity (Wildman–Crippen MR) is 112 cm³/mol. The van der Waals surface area contributed by atoms with Crippen LogP contribution < -0.4 is 10.3 Å². The van der Waals surface area contributed by atoms with Crippen molar-refractivity contribution in [3.05, 3.63) is 94.8 Å². The third-order valence-corrected chi connectivity index (χ3v) is 4.56. The van der Waals surface area contributed by atoms with E-state index in [1.165, 1.54) is 6.20 Å². The summed E-state index contributed by atoms with van der Waals surface area (Å²) in [7, 11) is 1.57. The topological polar surface area (TPSA) is 93.7 Å². The minimum absolute atomic E-state index is 0.207. The first-order valence-electron chi connectivity index (χ1n) is 9.18. The molecule has 0 bridgehead atoms. The Balaban J connectivity index is 1.64. The number of hydrogen-bond donors (Lipinski definition) is 0. The summed E-state index contributed by atoms with van der Waals surface area (Å²) < 4.78 is 6.69. The van der Waals surface area contributed by atoms with E-state index in [0.29, 0.717) is 29.4 Å². The lowest BCUT2D eigenvalue weighted by Crippen LogP contribution is -2.20. The van der Waals surface area contributed by atoms with Crippen LogP contribution >= 0.6 is 0 Å². The first kappa shape index (κ1) is 19.0. The van der Waals surface area contributed by atoms with Crippen LogP contribution in [0.3, 0.4) is 0 Å². The number of hydrogen-bond acceptors (Lipinski definition) is 6. The van der Waals surface area contributed by atoms with E-state index in [1.54, 1.807) is 48.5 Å². The average Bonchev–Trinajstić information content (AvgIpc) is 2.81. The first-order valence-corrected chi connectivity index (χ1v) is 9.18. The Morgan fingerprint density at radius 1 is 1.00 bits per heavy atom. The molecule has 30 heavy (non-hydrogen) atoms. The number of rotatable bonds is 5. The van der Waals surface area contributed by atoms with Crippen LogP contribution in [0.1, 0.15) is 11.1 Å². The minimum atomic E-state index is -0.207. The molecule has 2 heterocycles. The highest BCUT2D eigenvalue weighted by Crippen LogP contribution is 2.20. The summed E-state index contributed by atoms with van der Waals surface area (Å²) >= 11 is 0. The maximum Gasteiger partial charge on any atom is 0.269 e. The number of ether oxygens (including phenoxy) is 1. The molecule has 0 aliphatic carbocycles. The zero-order valence-corrected chi connectivity index (χ0v) is 16.2. The zero-order valence-electron chi connectivity index (χ0n) is 16.2. The van der Waals surface area contributed by atoms with E-state index in [4.69, 9.17) is 10.00 Å². The van der Waals surface area contributed by atoms with Gasteiger partial charge in [0, 0.05) is 17.3 Å². The molecule has 0 atom stereocenters. The average molecular weight is 395 g/mol. The lowest BCUT2D eigenvalue weighted by atomic mass is 10.1. The molecule has 2 aromatic heterocycles. The van der Waals surface area contributed by atoms with Crippen molar-refractivity contribution in [3.8, 4) is 34.5 Å². The fraction of sp³-hybridized carbons (Fsp3) is 0.0870. The van der Waals surface area contributed by atoms with Gasteiger partial charge in [0.15, 0.2) is 11.6 Å². The molecule has 2 aromatic carbocycles. The molecular formula is C23H17N5O2. The molecule has 0 fully saturated rings. The third-order valence-electron chi connectivity index (χ3n) is 4.56. The van der Waals surface area contributed by atoms with Crippen molar-refractivity contribution in [2.24, 2.45) is 0 Å². The van der Waals surface area contributed by atoms with Gasteiger partial charge < -0.3 is 9.30 Å². The molecular weight excluding hydrogens is 378 g/mol. The lowest BCUT2D eigenvalue weighted by molar-refractivity contribution is 0.411. The molecule has 0 radical (unpaired) electrons. The van der Waals surface area contributed by atoms with Crippen LogP contribution in [0.5, 0.6) is 5.75 Å². The minimum Gasteiger partial charge on any atom is -0.494 e. The van der Waals surface area contributed by atoms with Crippen molar-refractivity contribution >= 4 is 0 Å². The Bertz CT molecular complexity index is 1290. The fourth-order valence-corrected chi connectivity index (χ4v) is 3.04. The van der Waals surface area contributed by atoms with Crippen LogP contribution in [0.15, 0.2) is 78.1 Å². The molecule has 0 spiro atoms. The second-order valence-electron chi connectivity index (χ2n) is 6.58. The van der Waals surface area contributed by atoms with Crippen molar-refractivity contribution in [1.82, 2.24) is 19.5 Å². The Morgan fingerprint density at radius 3 is 2.53 bits per heavy atom. The SMILES string of the molecule is COc1cnc(-c2cccc(Cn3cc(-c4cccc(C#N)c4)ncc3=O)c2)nc1. The molecule has 4 aromatic rings. The number of aromatic nitrogens is 4. The second-order valence-corrected chi connectivity index (χ2v) is 6.58. The van der Waals surface area contributed by atoms with Gasteiger partial charge in [0.25, 0.3) is 5.56 Å². The van der Waals surface area contributed by atoms with Gasteiger partial charge in [-0.2, -0.15) is 5.26 Å². The van der Waals surface area contributed by atoms with Crippen molar-refractivity contribution < 1.29 is 4.74 Å². The second kappa shape index (κ2) is 8.37. The Hall–Kier alpha value is -4.31. The summed E-state index contributed by atoms with van der Waals surface area (Å²) in [5.74, 6) is 1.17. The summed E-state index contributed by atoms with van der Waals surface area (Å²) in [6.07, 6.45) is 6.23. The quantitative estimate of drug-likeness (QED) is 0.515. The summed E-state index contributed by atoms with van der Waals surface area (Å²) in [4.78, 5) is 25.2. The molecule has 0 saturated heterocycles. The van der Waals surface area contributed by atoms with Crippen molar-refractivity contribution in [3.63, 3.8) is 0 Å². The molecule has 0 unspecified atom stereocenters. The molecule has 7 nitrogen and oxygen atoms in total. The van der Waals surface area contributed by atoms with Crippen LogP contribution in [0.25, 0.3) is 22.6 Å². The van der Waals surface area contributed by atoms with Crippen LogP contribution in [0, 0.1) is 11.3 Å². The third kappa shape index (κ3) is 4.08. The van der Waals surface area contributed by atoms with Crippen LogP contribution in [-0.2, 0) is 6.54 Å². The Morgan fingerprint density at radius 2 is 1.77 bits per heavy atom. The zero-order chi connectivity index (χ0) is 20.9. The standard InChI is InChI=1S/C23H17N5O2/c1-30-20-11-26-23(27-12-20)19-7-3-5-17(9-19)14-28-15-21(25-13-22(28)29)18-6-2-4-16(8-18)10-24/h2-9,11-13,15H,14H2,1H3. The number of methoxy groups -OCH3 is 1. The van der Waals surface area contributed by atoms with Gasteiger partial charge in [-0.15, -0.1) is 0 Å². The molecule has 7 heteroatoms. The number of benzene rings is 2. The van der Waals surface area contributed by atoms with Crippen LogP contribution in [-0.4, -0.2) is 26.6 Å². The monoisotopic (exact) mass is 395 g/mol. The number of nitriles is 1. The lowest BCUT2D eigenvalue weighted by Gasteiger charge is -2.09. The van der Waals surface area contributed by atoms with E-state index in [9.17, 15) is 4.79 Å². The van der Waals surface area contributed by atoms with E-state index in [1.807, 2.05) is 30.3 Å². The van der Waals surface area contributed by atoms with Gasteiger partial charge in [-0.3, -0.25) is 4.79 Å². The number of nitrogens with zero attached hydrogens (tertiary/aromatic N) is 5. The van der Waals surface area contributed by atoms with Gasteiger partial charge in [0.2, 0.25) is 0 Å². The van der Waals surface area contributed by atoms with Gasteiger partial charge in [-0.05, 0) is 23.8 Å².